The third-order valence-electron chi connectivity index (χ3n) is 2.71. The number of halogens is 2. The molecule has 0 saturated carbocycles. The van der Waals surface area contributed by atoms with Gasteiger partial charge in [-0.15, -0.1) is 10.2 Å². The number of hydrogen-bond donors (Lipinski definition) is 1. The number of rotatable bonds is 2. The van der Waals surface area contributed by atoms with Crippen LogP contribution >= 0.6 is 15.9 Å². The van der Waals surface area contributed by atoms with Crippen molar-refractivity contribution >= 4 is 15.9 Å². The lowest BCUT2D eigenvalue weighted by atomic mass is 10.1. The third-order valence-corrected chi connectivity index (χ3v) is 3.21. The number of benzene rings is 1. The maximum absolute atomic E-state index is 14.0. The third kappa shape index (κ3) is 2.69. The van der Waals surface area contributed by atoms with E-state index < -0.39 is 0 Å². The fourth-order valence-corrected chi connectivity index (χ4v) is 2.30. The number of hydrogen-bond acceptors (Lipinski definition) is 3. The van der Waals surface area contributed by atoms with Crippen LogP contribution in [0.25, 0.3) is 11.4 Å². The predicted octanol–water partition coefficient (Wildman–Crippen LogP) is 3.09. The maximum Gasteiger partial charge on any atom is 0.167 e. The van der Waals surface area contributed by atoms with Gasteiger partial charge in [0.05, 0.1) is 5.56 Å². The van der Waals surface area contributed by atoms with Crippen LogP contribution in [0.1, 0.15) is 26.6 Å². The SMILES string of the molecule is CC(C)(C)n1c(CO)nnc1-c1ccc(Br)cc1F. The largest absolute Gasteiger partial charge is 0.388 e. The van der Waals surface area contributed by atoms with E-state index in [-0.39, 0.29) is 18.0 Å². The number of aliphatic hydroxyl groups is 1. The molecule has 2 rings (SSSR count). The summed E-state index contributed by atoms with van der Waals surface area (Å²) in [4.78, 5) is 0. The summed E-state index contributed by atoms with van der Waals surface area (Å²) in [5, 5.41) is 17.3. The van der Waals surface area contributed by atoms with E-state index in [4.69, 9.17) is 0 Å². The van der Waals surface area contributed by atoms with Crippen LogP contribution < -0.4 is 0 Å². The number of nitrogens with zero attached hydrogens (tertiary/aromatic N) is 3. The van der Waals surface area contributed by atoms with E-state index in [0.717, 1.165) is 0 Å². The standard InChI is InChI=1S/C13H15BrFN3O/c1-13(2,3)18-11(7-19)16-17-12(18)9-5-4-8(14)6-10(9)15/h4-6,19H,7H2,1-3H3. The van der Waals surface area contributed by atoms with Crippen LogP contribution in [0.15, 0.2) is 22.7 Å². The van der Waals surface area contributed by atoms with Gasteiger partial charge in [0, 0.05) is 10.0 Å². The first-order valence-corrected chi connectivity index (χ1v) is 6.65. The molecule has 0 unspecified atom stereocenters. The minimum Gasteiger partial charge on any atom is -0.388 e. The molecule has 4 nitrogen and oxygen atoms in total. The van der Waals surface area contributed by atoms with Gasteiger partial charge in [-0.2, -0.15) is 0 Å². The molecular weight excluding hydrogens is 313 g/mol. The average molecular weight is 328 g/mol. The van der Waals surface area contributed by atoms with Gasteiger partial charge in [0.2, 0.25) is 0 Å². The zero-order chi connectivity index (χ0) is 14.2. The van der Waals surface area contributed by atoms with Gasteiger partial charge in [-0.25, -0.2) is 4.39 Å². The summed E-state index contributed by atoms with van der Waals surface area (Å²) < 4.78 is 16.5. The number of aliphatic hydroxyl groups excluding tert-OH is 1. The monoisotopic (exact) mass is 327 g/mol. The first kappa shape index (κ1) is 14.1. The first-order chi connectivity index (χ1) is 8.84. The highest BCUT2D eigenvalue weighted by atomic mass is 79.9. The Kier molecular flexibility index (Phi) is 3.73. The summed E-state index contributed by atoms with van der Waals surface area (Å²) in [6.45, 7) is 5.63. The van der Waals surface area contributed by atoms with Crippen molar-refractivity contribution in [2.24, 2.45) is 0 Å². The molecule has 0 saturated heterocycles. The van der Waals surface area contributed by atoms with Crippen LogP contribution in [0.5, 0.6) is 0 Å². The van der Waals surface area contributed by atoms with Crippen molar-refractivity contribution < 1.29 is 9.50 Å². The molecule has 0 aliphatic carbocycles. The van der Waals surface area contributed by atoms with E-state index in [9.17, 15) is 9.50 Å². The lowest BCUT2D eigenvalue weighted by Gasteiger charge is -2.24. The summed E-state index contributed by atoms with van der Waals surface area (Å²) >= 11 is 3.22. The van der Waals surface area contributed by atoms with E-state index in [1.165, 1.54) is 6.07 Å². The van der Waals surface area contributed by atoms with Gasteiger partial charge in [-0.3, -0.25) is 0 Å². The van der Waals surface area contributed by atoms with Gasteiger partial charge >= 0.3 is 0 Å². The van der Waals surface area contributed by atoms with Crippen LogP contribution in [0.3, 0.4) is 0 Å². The summed E-state index contributed by atoms with van der Waals surface area (Å²) in [6.07, 6.45) is 0. The van der Waals surface area contributed by atoms with E-state index in [1.807, 2.05) is 20.8 Å². The van der Waals surface area contributed by atoms with Crippen LogP contribution in [-0.4, -0.2) is 19.9 Å². The fraction of sp³-hybridized carbons (Fsp3) is 0.385. The van der Waals surface area contributed by atoms with Gasteiger partial charge < -0.3 is 9.67 Å². The molecule has 0 amide bonds. The second-order valence-corrected chi connectivity index (χ2v) is 6.14. The van der Waals surface area contributed by atoms with Gasteiger partial charge in [0.1, 0.15) is 12.4 Å². The first-order valence-electron chi connectivity index (χ1n) is 5.85. The Balaban J connectivity index is 2.66. The Morgan fingerprint density at radius 3 is 2.53 bits per heavy atom. The normalized spacial score (nSPS) is 11.9. The molecule has 0 spiro atoms. The van der Waals surface area contributed by atoms with Crippen LogP contribution in [0, 0.1) is 5.82 Å². The highest BCUT2D eigenvalue weighted by Gasteiger charge is 2.24. The Bertz CT molecular complexity index is 604. The lowest BCUT2D eigenvalue weighted by Crippen LogP contribution is -2.25. The van der Waals surface area contributed by atoms with Crippen molar-refractivity contribution in [2.45, 2.75) is 32.9 Å². The molecular formula is C13H15BrFN3O. The van der Waals surface area contributed by atoms with Crippen molar-refractivity contribution in [3.8, 4) is 11.4 Å². The van der Waals surface area contributed by atoms with E-state index in [1.54, 1.807) is 16.7 Å². The summed E-state index contributed by atoms with van der Waals surface area (Å²) in [5.41, 5.74) is 0.0153. The minimum absolute atomic E-state index is 0.234. The van der Waals surface area contributed by atoms with Crippen molar-refractivity contribution in [1.29, 1.82) is 0 Å². The second-order valence-electron chi connectivity index (χ2n) is 5.23. The van der Waals surface area contributed by atoms with Crippen LogP contribution in [-0.2, 0) is 12.1 Å². The topological polar surface area (TPSA) is 50.9 Å². The molecule has 1 heterocycles. The molecule has 1 aromatic heterocycles. The molecule has 1 N–H and O–H groups in total. The summed E-state index contributed by atoms with van der Waals surface area (Å²) in [6, 6.07) is 4.78. The zero-order valence-electron chi connectivity index (χ0n) is 11.0. The highest BCUT2D eigenvalue weighted by molar-refractivity contribution is 9.10. The molecule has 0 bridgehead atoms. The number of aromatic nitrogens is 3. The fourth-order valence-electron chi connectivity index (χ4n) is 1.97. The molecule has 0 atom stereocenters. The molecule has 6 heteroatoms. The average Bonchev–Trinajstić information content (AvgIpc) is 2.72. The van der Waals surface area contributed by atoms with Gasteiger partial charge in [-0.1, -0.05) is 15.9 Å². The van der Waals surface area contributed by atoms with Crippen molar-refractivity contribution in [3.63, 3.8) is 0 Å². The van der Waals surface area contributed by atoms with E-state index in [0.29, 0.717) is 21.7 Å². The zero-order valence-corrected chi connectivity index (χ0v) is 12.6. The highest BCUT2D eigenvalue weighted by Crippen LogP contribution is 2.29. The van der Waals surface area contributed by atoms with Crippen molar-refractivity contribution in [2.75, 3.05) is 0 Å². The van der Waals surface area contributed by atoms with Crippen molar-refractivity contribution in [3.05, 3.63) is 34.3 Å². The quantitative estimate of drug-likeness (QED) is 0.922. The Labute approximate surface area is 119 Å². The molecule has 0 aliphatic heterocycles. The second kappa shape index (κ2) is 5.02. The summed E-state index contributed by atoms with van der Waals surface area (Å²) in [5.74, 6) is 0.461. The smallest absolute Gasteiger partial charge is 0.167 e. The molecule has 1 aromatic carbocycles. The lowest BCUT2D eigenvalue weighted by molar-refractivity contribution is 0.250. The van der Waals surface area contributed by atoms with Gasteiger partial charge in [0.25, 0.3) is 0 Å². The minimum atomic E-state index is -0.378. The van der Waals surface area contributed by atoms with Crippen LogP contribution in [0.2, 0.25) is 0 Å². The van der Waals surface area contributed by atoms with Crippen molar-refractivity contribution in [1.82, 2.24) is 14.8 Å². The van der Waals surface area contributed by atoms with E-state index in [2.05, 4.69) is 26.1 Å². The van der Waals surface area contributed by atoms with Gasteiger partial charge in [0.15, 0.2) is 11.6 Å². The Morgan fingerprint density at radius 1 is 1.32 bits per heavy atom. The molecule has 19 heavy (non-hydrogen) atoms. The van der Waals surface area contributed by atoms with Crippen LogP contribution in [0.4, 0.5) is 4.39 Å². The molecule has 0 aliphatic rings. The summed E-state index contributed by atoms with van der Waals surface area (Å²) in [7, 11) is 0. The Hall–Kier alpha value is -1.27. The van der Waals surface area contributed by atoms with E-state index >= 15 is 0 Å². The van der Waals surface area contributed by atoms with Gasteiger partial charge in [-0.05, 0) is 39.0 Å². The molecule has 2 aromatic rings. The molecule has 102 valence electrons. The maximum atomic E-state index is 14.0. The Morgan fingerprint density at radius 2 is 2.00 bits per heavy atom. The predicted molar refractivity (Wildman–Crippen MR) is 74.0 cm³/mol. The molecule has 0 fully saturated rings. The molecule has 0 radical (unpaired) electrons.